The molecule has 3 amide bonds. The highest BCUT2D eigenvalue weighted by atomic mass is 19.1. The van der Waals surface area contributed by atoms with Gasteiger partial charge in [-0.05, 0) is 37.0 Å². The van der Waals surface area contributed by atoms with E-state index in [1.54, 1.807) is 7.11 Å². The summed E-state index contributed by atoms with van der Waals surface area (Å²) >= 11 is 0. The molecule has 3 heterocycles. The third-order valence-corrected chi connectivity index (χ3v) is 6.22. The van der Waals surface area contributed by atoms with Crippen LogP contribution in [0.25, 0.3) is 0 Å². The number of carbonyl (C=O) groups excluding carboxylic acids is 3. The Balaban J connectivity index is 1.79. The Kier molecular flexibility index (Phi) is 4.94. The maximum absolute atomic E-state index is 14.1. The second kappa shape index (κ2) is 7.18. The van der Waals surface area contributed by atoms with Crippen molar-refractivity contribution in [2.45, 2.75) is 38.3 Å². The lowest BCUT2D eigenvalue weighted by Crippen LogP contribution is -2.53. The number of fused-ring (bicyclic) bond motifs is 4. The molecule has 2 N–H and O–H groups in total. The number of benzene rings is 1. The smallest absolute Gasteiger partial charge is 0.250 e. The van der Waals surface area contributed by atoms with Gasteiger partial charge in [0.2, 0.25) is 17.7 Å². The third kappa shape index (κ3) is 2.88. The van der Waals surface area contributed by atoms with Crippen LogP contribution in [0.1, 0.15) is 32.3 Å². The molecule has 0 saturated carbocycles. The zero-order chi connectivity index (χ0) is 20.9. The standard InChI is InChI=1S/C21H26FN3O4/c1-11(2)9-15-16-17(19(27)25(18(16)26)7-4-8-29-3)21(24-15)13-10-12(22)5-6-14(13)23-20(21)28/h5-6,10-11,15-17,24H,4,7-9H2,1-3H3,(H,23,28). The lowest BCUT2D eigenvalue weighted by atomic mass is 9.76. The van der Waals surface area contributed by atoms with Gasteiger partial charge in [0.15, 0.2) is 0 Å². The number of halogens is 1. The van der Waals surface area contributed by atoms with Crippen LogP contribution in [0.3, 0.4) is 0 Å². The first-order chi connectivity index (χ1) is 13.8. The topological polar surface area (TPSA) is 87.7 Å². The largest absolute Gasteiger partial charge is 0.385 e. The Hall–Kier alpha value is -2.32. The molecule has 29 heavy (non-hydrogen) atoms. The number of ether oxygens (including phenoxy) is 1. The Bertz CT molecular complexity index is 873. The number of hydrogen-bond donors (Lipinski definition) is 2. The molecule has 4 rings (SSSR count). The van der Waals surface area contributed by atoms with Gasteiger partial charge in [-0.3, -0.25) is 24.6 Å². The second-order valence-electron chi connectivity index (χ2n) is 8.51. The van der Waals surface area contributed by atoms with E-state index in [-0.39, 0.29) is 30.3 Å². The minimum atomic E-state index is -1.43. The van der Waals surface area contributed by atoms with Crippen LogP contribution in [0.2, 0.25) is 0 Å². The van der Waals surface area contributed by atoms with Gasteiger partial charge in [0.1, 0.15) is 11.4 Å². The van der Waals surface area contributed by atoms with Crippen molar-refractivity contribution in [3.8, 4) is 0 Å². The van der Waals surface area contributed by atoms with E-state index in [9.17, 15) is 18.8 Å². The molecule has 3 aliphatic rings. The normalized spacial score (nSPS) is 30.4. The van der Waals surface area contributed by atoms with Crippen LogP contribution in [0.15, 0.2) is 18.2 Å². The molecule has 1 spiro atoms. The van der Waals surface area contributed by atoms with E-state index in [0.717, 1.165) is 0 Å². The molecule has 4 unspecified atom stereocenters. The summed E-state index contributed by atoms with van der Waals surface area (Å²) in [7, 11) is 1.56. The molecule has 0 aromatic heterocycles. The number of rotatable bonds is 6. The fraction of sp³-hybridized carbons (Fsp3) is 0.571. The summed E-state index contributed by atoms with van der Waals surface area (Å²) in [5, 5.41) is 6.09. The van der Waals surface area contributed by atoms with Gasteiger partial charge >= 0.3 is 0 Å². The highest BCUT2D eigenvalue weighted by Crippen LogP contribution is 2.53. The highest BCUT2D eigenvalue weighted by molar-refractivity contribution is 6.15. The van der Waals surface area contributed by atoms with E-state index in [2.05, 4.69) is 10.6 Å². The van der Waals surface area contributed by atoms with Crippen LogP contribution < -0.4 is 10.6 Å². The number of hydrogen-bond acceptors (Lipinski definition) is 5. The van der Waals surface area contributed by atoms with Crippen molar-refractivity contribution in [1.82, 2.24) is 10.2 Å². The third-order valence-electron chi connectivity index (χ3n) is 6.22. The van der Waals surface area contributed by atoms with Crippen molar-refractivity contribution >= 4 is 23.4 Å². The van der Waals surface area contributed by atoms with Crippen LogP contribution in [0.4, 0.5) is 10.1 Å². The Labute approximate surface area is 169 Å². The first-order valence-electron chi connectivity index (χ1n) is 10.0. The fourth-order valence-electron chi connectivity index (χ4n) is 5.13. The van der Waals surface area contributed by atoms with Crippen molar-refractivity contribution in [3.05, 3.63) is 29.6 Å². The van der Waals surface area contributed by atoms with Gasteiger partial charge in [-0.15, -0.1) is 0 Å². The van der Waals surface area contributed by atoms with Gasteiger partial charge in [-0.1, -0.05) is 13.8 Å². The molecule has 1 aromatic carbocycles. The summed E-state index contributed by atoms with van der Waals surface area (Å²) in [6.45, 7) is 4.74. The summed E-state index contributed by atoms with van der Waals surface area (Å²) in [4.78, 5) is 41.0. The molecule has 0 aliphatic carbocycles. The zero-order valence-corrected chi connectivity index (χ0v) is 16.8. The molecule has 0 radical (unpaired) electrons. The molecule has 156 valence electrons. The zero-order valence-electron chi connectivity index (χ0n) is 16.8. The average molecular weight is 403 g/mol. The van der Waals surface area contributed by atoms with Crippen molar-refractivity contribution in [2.75, 3.05) is 25.6 Å². The highest BCUT2D eigenvalue weighted by Gasteiger charge is 2.70. The average Bonchev–Trinajstić information content (AvgIpc) is 3.22. The van der Waals surface area contributed by atoms with Crippen LogP contribution in [0.5, 0.6) is 0 Å². The number of anilines is 1. The molecule has 0 bridgehead atoms. The monoisotopic (exact) mass is 403 g/mol. The predicted octanol–water partition coefficient (Wildman–Crippen LogP) is 1.63. The molecule has 8 heteroatoms. The van der Waals surface area contributed by atoms with E-state index in [1.165, 1.54) is 23.1 Å². The van der Waals surface area contributed by atoms with Gasteiger partial charge in [-0.25, -0.2) is 4.39 Å². The lowest BCUT2D eigenvalue weighted by molar-refractivity contribution is -0.143. The molecule has 3 aliphatic heterocycles. The molecule has 2 fully saturated rings. The van der Waals surface area contributed by atoms with Crippen molar-refractivity contribution in [2.24, 2.45) is 17.8 Å². The molecular formula is C21H26FN3O4. The number of nitrogens with zero attached hydrogens (tertiary/aromatic N) is 1. The van der Waals surface area contributed by atoms with Crippen LogP contribution in [-0.2, 0) is 24.7 Å². The first-order valence-corrected chi connectivity index (χ1v) is 10.0. The van der Waals surface area contributed by atoms with Gasteiger partial charge in [0, 0.05) is 37.6 Å². The van der Waals surface area contributed by atoms with Crippen molar-refractivity contribution in [3.63, 3.8) is 0 Å². The number of nitrogens with one attached hydrogen (secondary N) is 2. The van der Waals surface area contributed by atoms with Crippen LogP contribution >= 0.6 is 0 Å². The summed E-state index contributed by atoms with van der Waals surface area (Å²) in [5.41, 5.74) is -0.542. The van der Waals surface area contributed by atoms with E-state index >= 15 is 0 Å². The van der Waals surface area contributed by atoms with Crippen molar-refractivity contribution < 1.29 is 23.5 Å². The minimum Gasteiger partial charge on any atom is -0.385 e. The van der Waals surface area contributed by atoms with E-state index in [4.69, 9.17) is 4.74 Å². The van der Waals surface area contributed by atoms with Crippen LogP contribution in [0, 0.1) is 23.6 Å². The summed E-state index contributed by atoms with van der Waals surface area (Å²) in [6.07, 6.45) is 1.16. The molecular weight excluding hydrogens is 377 g/mol. The molecule has 4 atom stereocenters. The first kappa shape index (κ1) is 20.0. The van der Waals surface area contributed by atoms with E-state index < -0.39 is 29.1 Å². The number of carbonyl (C=O) groups is 3. The number of imide groups is 1. The number of amides is 3. The predicted molar refractivity (Wildman–Crippen MR) is 103 cm³/mol. The van der Waals surface area contributed by atoms with Gasteiger partial charge < -0.3 is 10.1 Å². The molecule has 7 nitrogen and oxygen atoms in total. The molecule has 2 saturated heterocycles. The van der Waals surface area contributed by atoms with Gasteiger partial charge in [0.05, 0.1) is 11.8 Å². The molecule has 1 aromatic rings. The Morgan fingerprint density at radius 2 is 2.00 bits per heavy atom. The summed E-state index contributed by atoms with van der Waals surface area (Å²) in [5.74, 6) is -2.80. The fourth-order valence-corrected chi connectivity index (χ4v) is 5.13. The van der Waals surface area contributed by atoms with E-state index in [1.807, 2.05) is 13.8 Å². The Morgan fingerprint density at radius 1 is 1.24 bits per heavy atom. The number of methoxy groups -OCH3 is 1. The van der Waals surface area contributed by atoms with Gasteiger partial charge in [-0.2, -0.15) is 0 Å². The van der Waals surface area contributed by atoms with Crippen molar-refractivity contribution in [1.29, 1.82) is 0 Å². The summed E-state index contributed by atoms with van der Waals surface area (Å²) < 4.78 is 19.1. The summed E-state index contributed by atoms with van der Waals surface area (Å²) in [6, 6.07) is 3.72. The maximum atomic E-state index is 14.1. The number of likely N-dealkylation sites (tertiary alicyclic amines) is 1. The van der Waals surface area contributed by atoms with Crippen LogP contribution in [-0.4, -0.2) is 48.9 Å². The van der Waals surface area contributed by atoms with Gasteiger partial charge in [0.25, 0.3) is 0 Å². The minimum absolute atomic E-state index is 0.251. The quantitative estimate of drug-likeness (QED) is 0.557. The van der Waals surface area contributed by atoms with E-state index in [0.29, 0.717) is 30.7 Å². The second-order valence-corrected chi connectivity index (χ2v) is 8.51. The maximum Gasteiger partial charge on any atom is 0.250 e. The lowest BCUT2D eigenvalue weighted by Gasteiger charge is -2.29. The Morgan fingerprint density at radius 3 is 2.69 bits per heavy atom. The SMILES string of the molecule is COCCCN1C(=O)C2C(CC(C)C)NC3(C(=O)Nc4ccc(F)cc43)C2C1=O.